The van der Waals surface area contributed by atoms with Gasteiger partial charge in [0, 0.05) is 44.0 Å². The van der Waals surface area contributed by atoms with Crippen LogP contribution in [0.25, 0.3) is 0 Å². The molecule has 1 N–H and O–H groups in total. The molecule has 2 aliphatic heterocycles. The van der Waals surface area contributed by atoms with Gasteiger partial charge >= 0.3 is 12.1 Å². The number of rotatable bonds is 5. The lowest BCUT2D eigenvalue weighted by atomic mass is 10.0. The monoisotopic (exact) mass is 388 g/mol. The standard InChI is InChI=1S/C16H22N2O2.C2HF3O2/c1-2-13(6-17-5-1)7-18-8-16(20-9-12-3-4-12)14-10-19-11-15(14)18;3-2(4,5)1(6)7/h1-2,5-6,12,14-16H,3-4,7-11H2;(H,6,7)/t14-,15+,16-;/m0./s1. The molecule has 1 aromatic rings. The van der Waals surface area contributed by atoms with Crippen LogP contribution in [0.2, 0.25) is 0 Å². The van der Waals surface area contributed by atoms with Crippen molar-refractivity contribution in [1.29, 1.82) is 0 Å². The highest BCUT2D eigenvalue weighted by atomic mass is 19.4. The first-order chi connectivity index (χ1) is 12.8. The van der Waals surface area contributed by atoms with Crippen molar-refractivity contribution in [2.45, 2.75) is 37.7 Å². The van der Waals surface area contributed by atoms with Gasteiger partial charge in [-0.3, -0.25) is 9.88 Å². The molecule has 4 rings (SSSR count). The summed E-state index contributed by atoms with van der Waals surface area (Å²) in [6, 6.07) is 4.69. The first kappa shape index (κ1) is 20.0. The first-order valence-corrected chi connectivity index (χ1v) is 8.97. The van der Waals surface area contributed by atoms with E-state index in [0.29, 0.717) is 18.1 Å². The lowest BCUT2D eigenvalue weighted by Gasteiger charge is -2.21. The Morgan fingerprint density at radius 3 is 2.70 bits per heavy atom. The summed E-state index contributed by atoms with van der Waals surface area (Å²) in [5, 5.41) is 7.12. The molecular weight excluding hydrogens is 365 g/mol. The van der Waals surface area contributed by atoms with Crippen LogP contribution in [-0.4, -0.2) is 65.6 Å². The minimum absolute atomic E-state index is 0.361. The van der Waals surface area contributed by atoms with E-state index in [2.05, 4.69) is 16.0 Å². The Balaban J connectivity index is 0.000000260. The lowest BCUT2D eigenvalue weighted by Crippen LogP contribution is -2.32. The highest BCUT2D eigenvalue weighted by molar-refractivity contribution is 5.73. The molecule has 3 fully saturated rings. The Morgan fingerprint density at radius 2 is 2.11 bits per heavy atom. The highest BCUT2D eigenvalue weighted by Crippen LogP contribution is 2.35. The van der Waals surface area contributed by atoms with Gasteiger partial charge in [0.05, 0.1) is 19.3 Å². The van der Waals surface area contributed by atoms with E-state index >= 15 is 0 Å². The molecule has 150 valence electrons. The minimum Gasteiger partial charge on any atom is -0.475 e. The second-order valence-corrected chi connectivity index (χ2v) is 7.18. The van der Waals surface area contributed by atoms with Crippen molar-refractivity contribution in [2.75, 3.05) is 26.4 Å². The van der Waals surface area contributed by atoms with Crippen molar-refractivity contribution < 1.29 is 32.5 Å². The fraction of sp³-hybridized carbons (Fsp3) is 0.667. The third-order valence-electron chi connectivity index (χ3n) is 5.05. The van der Waals surface area contributed by atoms with Gasteiger partial charge in [-0.1, -0.05) is 6.07 Å². The topological polar surface area (TPSA) is 71.9 Å². The van der Waals surface area contributed by atoms with E-state index in [1.165, 1.54) is 18.4 Å². The third kappa shape index (κ3) is 5.63. The number of fused-ring (bicyclic) bond motifs is 1. The van der Waals surface area contributed by atoms with E-state index in [9.17, 15) is 13.2 Å². The number of aromatic nitrogens is 1. The van der Waals surface area contributed by atoms with Crippen molar-refractivity contribution >= 4 is 5.97 Å². The summed E-state index contributed by atoms with van der Waals surface area (Å²) in [5.74, 6) is -1.36. The van der Waals surface area contributed by atoms with Gasteiger partial charge in [0.25, 0.3) is 0 Å². The molecule has 0 radical (unpaired) electrons. The number of halogens is 3. The third-order valence-corrected chi connectivity index (χ3v) is 5.05. The van der Waals surface area contributed by atoms with Crippen LogP contribution in [-0.2, 0) is 20.8 Å². The number of ether oxygens (including phenoxy) is 2. The zero-order valence-corrected chi connectivity index (χ0v) is 14.8. The van der Waals surface area contributed by atoms with Gasteiger partial charge in [0.15, 0.2) is 0 Å². The van der Waals surface area contributed by atoms with Gasteiger partial charge in [0.2, 0.25) is 0 Å². The van der Waals surface area contributed by atoms with Crippen molar-refractivity contribution in [1.82, 2.24) is 9.88 Å². The van der Waals surface area contributed by atoms with Gasteiger partial charge in [-0.2, -0.15) is 13.2 Å². The van der Waals surface area contributed by atoms with Crippen molar-refractivity contribution in [2.24, 2.45) is 11.8 Å². The van der Waals surface area contributed by atoms with Crippen LogP contribution < -0.4 is 0 Å². The second-order valence-electron chi connectivity index (χ2n) is 7.18. The predicted molar refractivity (Wildman–Crippen MR) is 88.9 cm³/mol. The number of carbonyl (C=O) groups is 1. The van der Waals surface area contributed by atoms with Gasteiger partial charge in [-0.05, 0) is 30.4 Å². The van der Waals surface area contributed by atoms with E-state index < -0.39 is 12.1 Å². The number of carboxylic acids is 1. The van der Waals surface area contributed by atoms with Gasteiger partial charge < -0.3 is 14.6 Å². The lowest BCUT2D eigenvalue weighted by molar-refractivity contribution is -0.192. The summed E-state index contributed by atoms with van der Waals surface area (Å²) in [6.45, 7) is 4.67. The number of nitrogens with zero attached hydrogens (tertiary/aromatic N) is 2. The van der Waals surface area contributed by atoms with Crippen LogP contribution in [0.4, 0.5) is 13.2 Å². The molecule has 0 spiro atoms. The molecule has 2 saturated heterocycles. The molecule has 3 atom stereocenters. The number of likely N-dealkylation sites (tertiary alicyclic amines) is 1. The average Bonchev–Trinajstić information content (AvgIpc) is 3.21. The van der Waals surface area contributed by atoms with E-state index in [4.69, 9.17) is 19.4 Å². The maximum atomic E-state index is 10.6. The normalized spacial score (nSPS) is 27.7. The fourth-order valence-electron chi connectivity index (χ4n) is 3.42. The number of hydrogen-bond acceptors (Lipinski definition) is 5. The number of aliphatic carboxylic acids is 1. The van der Waals surface area contributed by atoms with Crippen molar-refractivity contribution in [3.63, 3.8) is 0 Å². The number of alkyl halides is 3. The quantitative estimate of drug-likeness (QED) is 0.835. The molecule has 0 unspecified atom stereocenters. The zero-order valence-electron chi connectivity index (χ0n) is 14.8. The Labute approximate surface area is 155 Å². The van der Waals surface area contributed by atoms with E-state index in [-0.39, 0.29) is 0 Å². The van der Waals surface area contributed by atoms with E-state index in [1.54, 1.807) is 0 Å². The summed E-state index contributed by atoms with van der Waals surface area (Å²) < 4.78 is 43.6. The number of pyridine rings is 1. The number of hydrogen-bond donors (Lipinski definition) is 1. The Hall–Kier alpha value is -1.71. The van der Waals surface area contributed by atoms with Crippen LogP contribution in [0.5, 0.6) is 0 Å². The molecule has 0 amide bonds. The van der Waals surface area contributed by atoms with E-state index in [1.807, 2.05) is 18.5 Å². The van der Waals surface area contributed by atoms with Gasteiger partial charge in [-0.15, -0.1) is 0 Å². The van der Waals surface area contributed by atoms with Crippen LogP contribution in [0.15, 0.2) is 24.5 Å². The molecule has 1 saturated carbocycles. The molecule has 0 bridgehead atoms. The Morgan fingerprint density at radius 1 is 1.37 bits per heavy atom. The molecule has 3 heterocycles. The summed E-state index contributed by atoms with van der Waals surface area (Å²) in [7, 11) is 0. The highest BCUT2D eigenvalue weighted by Gasteiger charge is 2.46. The number of carboxylic acid groups (broad SMARTS) is 1. The van der Waals surface area contributed by atoms with Crippen molar-refractivity contribution in [3.05, 3.63) is 30.1 Å². The van der Waals surface area contributed by atoms with Crippen LogP contribution in [0, 0.1) is 11.8 Å². The fourth-order valence-corrected chi connectivity index (χ4v) is 3.42. The maximum Gasteiger partial charge on any atom is 0.490 e. The molecule has 6 nitrogen and oxygen atoms in total. The van der Waals surface area contributed by atoms with Crippen molar-refractivity contribution in [3.8, 4) is 0 Å². The maximum absolute atomic E-state index is 10.6. The van der Waals surface area contributed by atoms with Crippen LogP contribution in [0.3, 0.4) is 0 Å². The van der Waals surface area contributed by atoms with Crippen LogP contribution in [0.1, 0.15) is 18.4 Å². The summed E-state index contributed by atoms with van der Waals surface area (Å²) >= 11 is 0. The molecule has 0 aromatic carbocycles. The molecule has 3 aliphatic rings. The SMILES string of the molecule is O=C(O)C(F)(F)F.c1cncc(CN2C[C@H](OCC3CC3)[C@H]3COC[C@H]32)c1. The van der Waals surface area contributed by atoms with E-state index in [0.717, 1.165) is 38.8 Å². The minimum atomic E-state index is -5.08. The molecule has 1 aliphatic carbocycles. The molecule has 1 aromatic heterocycles. The molecule has 27 heavy (non-hydrogen) atoms. The summed E-state index contributed by atoms with van der Waals surface area (Å²) in [4.78, 5) is 15.6. The Kier molecular flexibility index (Phi) is 6.33. The summed E-state index contributed by atoms with van der Waals surface area (Å²) in [5.41, 5.74) is 1.28. The second kappa shape index (κ2) is 8.53. The smallest absolute Gasteiger partial charge is 0.475 e. The molecule has 9 heteroatoms. The Bertz CT molecular complexity index is 625. The van der Waals surface area contributed by atoms with Crippen LogP contribution >= 0.6 is 0 Å². The zero-order chi connectivity index (χ0) is 19.4. The largest absolute Gasteiger partial charge is 0.490 e. The van der Waals surface area contributed by atoms with Gasteiger partial charge in [0.1, 0.15) is 0 Å². The van der Waals surface area contributed by atoms with Gasteiger partial charge in [-0.25, -0.2) is 4.79 Å². The first-order valence-electron chi connectivity index (χ1n) is 8.97. The average molecular weight is 388 g/mol. The predicted octanol–water partition coefficient (Wildman–Crippen LogP) is 2.34. The summed E-state index contributed by atoms with van der Waals surface area (Å²) in [6.07, 6.45) is 1.78. The molecular formula is C18H23F3N2O4.